The van der Waals surface area contributed by atoms with Crippen LogP contribution in [-0.4, -0.2) is 14.3 Å². The van der Waals surface area contributed by atoms with Gasteiger partial charge in [0.05, 0.1) is 24.0 Å². The van der Waals surface area contributed by atoms with Crippen LogP contribution in [0, 0.1) is 25.2 Å². The maximum absolute atomic E-state index is 13.8. The van der Waals surface area contributed by atoms with Gasteiger partial charge in [-0.2, -0.15) is 23.5 Å². The Morgan fingerprint density at radius 3 is 2.38 bits per heavy atom. The first-order chi connectivity index (χ1) is 16.1. The quantitative estimate of drug-likeness (QED) is 0.404. The molecule has 5 nitrogen and oxygen atoms in total. The Hall–Kier alpha value is -4.12. The average Bonchev–Trinajstić information content (AvgIpc) is 3.22. The lowest BCUT2D eigenvalue weighted by Crippen LogP contribution is -2.29. The molecule has 0 bridgehead atoms. The van der Waals surface area contributed by atoms with Gasteiger partial charge in [-0.1, -0.05) is 42.0 Å². The summed E-state index contributed by atoms with van der Waals surface area (Å²) in [5, 5.41) is 13.6. The first kappa shape index (κ1) is 23.1. The van der Waals surface area contributed by atoms with Crippen LogP contribution in [0.15, 0.2) is 65.7 Å². The second kappa shape index (κ2) is 8.67. The fraction of sp³-hybridized carbons (Fsp3) is 0.192. The first-order valence-corrected chi connectivity index (χ1v) is 10.5. The van der Waals surface area contributed by atoms with Crippen LogP contribution < -0.4 is 5.56 Å². The van der Waals surface area contributed by atoms with Gasteiger partial charge in [0.1, 0.15) is 11.6 Å². The van der Waals surface area contributed by atoms with E-state index in [1.807, 2.05) is 38.1 Å². The minimum Gasteiger partial charge on any atom is -0.303 e. The summed E-state index contributed by atoms with van der Waals surface area (Å²) in [6.07, 6.45) is -1.40. The molecule has 0 unspecified atom stereocenters. The second-order valence-electron chi connectivity index (χ2n) is 8.23. The molecular formula is C26H21F3N4O. The van der Waals surface area contributed by atoms with Crippen LogP contribution >= 0.6 is 0 Å². The number of pyridine rings is 1. The molecule has 2 aromatic carbocycles. The molecule has 4 aromatic rings. The third kappa shape index (κ3) is 4.37. The summed E-state index contributed by atoms with van der Waals surface area (Å²) in [6, 6.07) is 14.9. The summed E-state index contributed by atoms with van der Waals surface area (Å²) in [4.78, 5) is 13.2. The van der Waals surface area contributed by atoms with Crippen LogP contribution in [0.1, 0.15) is 27.8 Å². The SMILES string of the molecule is Cc1ccc(Cn2c(-c3cccc(-c4cnn(C)c4)c3)cc(C(F)(F)F)c(C#N)c2=O)c(C)c1. The average molecular weight is 462 g/mol. The van der Waals surface area contributed by atoms with E-state index in [2.05, 4.69) is 5.10 Å². The highest BCUT2D eigenvalue weighted by atomic mass is 19.4. The zero-order chi connectivity index (χ0) is 24.6. The van der Waals surface area contributed by atoms with Gasteiger partial charge in [-0.3, -0.25) is 9.48 Å². The number of hydrogen-bond donors (Lipinski definition) is 0. The molecule has 0 fully saturated rings. The number of nitriles is 1. The van der Waals surface area contributed by atoms with Crippen LogP contribution in [0.5, 0.6) is 0 Å². The van der Waals surface area contributed by atoms with Crippen molar-refractivity contribution in [1.82, 2.24) is 14.3 Å². The molecule has 0 N–H and O–H groups in total. The van der Waals surface area contributed by atoms with Gasteiger partial charge in [0, 0.05) is 18.8 Å². The zero-order valence-corrected chi connectivity index (χ0v) is 18.8. The number of aryl methyl sites for hydroxylation is 3. The Kier molecular flexibility index (Phi) is 5.88. The van der Waals surface area contributed by atoms with Crippen LogP contribution in [0.2, 0.25) is 0 Å². The van der Waals surface area contributed by atoms with Gasteiger partial charge in [0.25, 0.3) is 5.56 Å². The highest BCUT2D eigenvalue weighted by molar-refractivity contribution is 5.72. The molecule has 2 heterocycles. The Morgan fingerprint density at radius 1 is 1.03 bits per heavy atom. The number of halogens is 3. The molecule has 2 aromatic heterocycles. The van der Waals surface area contributed by atoms with Gasteiger partial charge < -0.3 is 4.57 Å². The van der Waals surface area contributed by atoms with E-state index < -0.39 is 22.9 Å². The van der Waals surface area contributed by atoms with Crippen LogP contribution in [0.3, 0.4) is 0 Å². The van der Waals surface area contributed by atoms with Gasteiger partial charge in [-0.25, -0.2) is 0 Å². The number of alkyl halides is 3. The van der Waals surface area contributed by atoms with E-state index in [1.54, 1.807) is 42.3 Å². The molecule has 0 saturated carbocycles. The van der Waals surface area contributed by atoms with Crippen molar-refractivity contribution in [2.75, 3.05) is 0 Å². The highest BCUT2D eigenvalue weighted by Crippen LogP contribution is 2.34. The minimum atomic E-state index is -4.85. The van der Waals surface area contributed by atoms with E-state index >= 15 is 0 Å². The Morgan fingerprint density at radius 2 is 1.76 bits per heavy atom. The maximum atomic E-state index is 13.8. The molecule has 4 rings (SSSR count). The number of aromatic nitrogens is 3. The predicted molar refractivity (Wildman–Crippen MR) is 123 cm³/mol. The zero-order valence-electron chi connectivity index (χ0n) is 18.8. The van der Waals surface area contributed by atoms with E-state index in [9.17, 15) is 23.2 Å². The summed E-state index contributed by atoms with van der Waals surface area (Å²) in [6.45, 7) is 3.85. The second-order valence-corrected chi connectivity index (χ2v) is 8.23. The summed E-state index contributed by atoms with van der Waals surface area (Å²) in [5.41, 5.74) is 1.64. The van der Waals surface area contributed by atoms with Crippen molar-refractivity contribution >= 4 is 0 Å². The van der Waals surface area contributed by atoms with Crippen molar-refractivity contribution in [3.8, 4) is 28.5 Å². The number of benzene rings is 2. The third-order valence-corrected chi connectivity index (χ3v) is 5.74. The lowest BCUT2D eigenvalue weighted by molar-refractivity contribution is -0.137. The molecular weight excluding hydrogens is 441 g/mol. The fourth-order valence-electron chi connectivity index (χ4n) is 4.00. The highest BCUT2D eigenvalue weighted by Gasteiger charge is 2.36. The van der Waals surface area contributed by atoms with E-state index in [1.165, 1.54) is 10.6 Å². The molecule has 34 heavy (non-hydrogen) atoms. The standard InChI is InChI=1S/C26H21F3N4O/c1-16-7-8-20(17(2)9-16)15-33-24(11-23(26(27,28)29)22(12-30)25(33)34)19-6-4-5-18(10-19)21-13-31-32(3)14-21/h4-11,13-14H,15H2,1-3H3. The predicted octanol–water partition coefficient (Wildman–Crippen LogP) is 5.47. The molecule has 0 aliphatic carbocycles. The molecule has 172 valence electrons. The lowest BCUT2D eigenvalue weighted by Gasteiger charge is -2.19. The van der Waals surface area contributed by atoms with Gasteiger partial charge in [0.15, 0.2) is 0 Å². The molecule has 0 radical (unpaired) electrons. The van der Waals surface area contributed by atoms with Gasteiger partial charge in [-0.05, 0) is 48.2 Å². The lowest BCUT2D eigenvalue weighted by atomic mass is 9.99. The summed E-state index contributed by atoms with van der Waals surface area (Å²) < 4.78 is 44.3. The third-order valence-electron chi connectivity index (χ3n) is 5.74. The van der Waals surface area contributed by atoms with Gasteiger partial charge in [0.2, 0.25) is 0 Å². The van der Waals surface area contributed by atoms with Crippen LogP contribution in [-0.2, 0) is 19.8 Å². The van der Waals surface area contributed by atoms with Crippen LogP contribution in [0.4, 0.5) is 13.2 Å². The van der Waals surface area contributed by atoms with Crippen molar-refractivity contribution < 1.29 is 13.2 Å². The smallest absolute Gasteiger partial charge is 0.303 e. The molecule has 0 spiro atoms. The summed E-state index contributed by atoms with van der Waals surface area (Å²) >= 11 is 0. The Labute approximate surface area is 194 Å². The number of hydrogen-bond acceptors (Lipinski definition) is 3. The molecule has 0 atom stereocenters. The number of nitrogens with zero attached hydrogens (tertiary/aromatic N) is 4. The van der Waals surface area contributed by atoms with Crippen molar-refractivity contribution in [1.29, 1.82) is 5.26 Å². The minimum absolute atomic E-state index is 0.0320. The number of rotatable bonds is 4. The largest absolute Gasteiger partial charge is 0.417 e. The van der Waals surface area contributed by atoms with E-state index in [0.717, 1.165) is 33.9 Å². The molecule has 0 aliphatic heterocycles. The van der Waals surface area contributed by atoms with E-state index in [0.29, 0.717) is 5.56 Å². The monoisotopic (exact) mass is 462 g/mol. The van der Waals surface area contributed by atoms with Crippen molar-refractivity contribution in [2.24, 2.45) is 7.05 Å². The topological polar surface area (TPSA) is 63.6 Å². The first-order valence-electron chi connectivity index (χ1n) is 10.5. The summed E-state index contributed by atoms with van der Waals surface area (Å²) in [5.74, 6) is 0. The Balaban J connectivity index is 1.98. The normalized spacial score (nSPS) is 11.4. The van der Waals surface area contributed by atoms with E-state index in [-0.39, 0.29) is 12.2 Å². The molecule has 0 aliphatic rings. The Bertz CT molecular complexity index is 1490. The fourth-order valence-corrected chi connectivity index (χ4v) is 4.00. The van der Waals surface area contributed by atoms with Crippen molar-refractivity contribution in [3.05, 3.63) is 99.1 Å². The van der Waals surface area contributed by atoms with Crippen LogP contribution in [0.25, 0.3) is 22.4 Å². The van der Waals surface area contributed by atoms with E-state index in [4.69, 9.17) is 0 Å². The molecule has 0 saturated heterocycles. The van der Waals surface area contributed by atoms with Crippen molar-refractivity contribution in [3.63, 3.8) is 0 Å². The van der Waals surface area contributed by atoms with Crippen molar-refractivity contribution in [2.45, 2.75) is 26.6 Å². The molecule has 0 amide bonds. The molecule has 8 heteroatoms. The van der Waals surface area contributed by atoms with Gasteiger partial charge >= 0.3 is 6.18 Å². The van der Waals surface area contributed by atoms with Gasteiger partial charge in [-0.15, -0.1) is 0 Å². The summed E-state index contributed by atoms with van der Waals surface area (Å²) in [7, 11) is 1.77. The maximum Gasteiger partial charge on any atom is 0.417 e.